The van der Waals surface area contributed by atoms with Crippen molar-refractivity contribution in [2.24, 2.45) is 5.73 Å². The van der Waals surface area contributed by atoms with Crippen LogP contribution in [0.3, 0.4) is 0 Å². The van der Waals surface area contributed by atoms with Crippen LogP contribution < -0.4 is 5.73 Å². The second-order valence-electron chi connectivity index (χ2n) is 5.99. The van der Waals surface area contributed by atoms with E-state index in [1.807, 2.05) is 0 Å². The standard InChI is InChI=1S/C15H25N/c1-11(10-12(2)16)13-6-8-14(9-7-13)15(3,4)5/h6-9,11-12H,10,16H2,1-5H3. The molecule has 1 heteroatoms. The first-order chi connectivity index (χ1) is 7.30. The summed E-state index contributed by atoms with van der Waals surface area (Å²) in [5.41, 5.74) is 8.86. The van der Waals surface area contributed by atoms with Gasteiger partial charge >= 0.3 is 0 Å². The molecule has 0 aliphatic heterocycles. The molecule has 16 heavy (non-hydrogen) atoms. The lowest BCUT2D eigenvalue weighted by atomic mass is 9.85. The van der Waals surface area contributed by atoms with Crippen molar-refractivity contribution >= 4 is 0 Å². The summed E-state index contributed by atoms with van der Waals surface area (Å²) in [6.07, 6.45) is 1.05. The lowest BCUT2D eigenvalue weighted by molar-refractivity contribution is 0.578. The maximum atomic E-state index is 5.83. The Balaban J connectivity index is 2.79. The van der Waals surface area contributed by atoms with Crippen LogP contribution in [0, 0.1) is 0 Å². The molecule has 1 rings (SSSR count). The molecule has 0 aromatic heterocycles. The van der Waals surface area contributed by atoms with Crippen molar-refractivity contribution in [3.63, 3.8) is 0 Å². The van der Waals surface area contributed by atoms with Crippen LogP contribution in [0.4, 0.5) is 0 Å². The minimum absolute atomic E-state index is 0.239. The highest BCUT2D eigenvalue weighted by Crippen LogP contribution is 2.25. The van der Waals surface area contributed by atoms with E-state index in [1.165, 1.54) is 11.1 Å². The molecular formula is C15H25N. The van der Waals surface area contributed by atoms with E-state index in [2.05, 4.69) is 58.9 Å². The molecule has 0 saturated carbocycles. The van der Waals surface area contributed by atoms with Crippen LogP contribution in [0.15, 0.2) is 24.3 Å². The fourth-order valence-electron chi connectivity index (χ4n) is 2.01. The maximum Gasteiger partial charge on any atom is 0.00162 e. The molecule has 0 spiro atoms. The third kappa shape index (κ3) is 3.64. The first-order valence-corrected chi connectivity index (χ1v) is 6.16. The maximum absolute atomic E-state index is 5.83. The molecule has 0 heterocycles. The molecule has 2 unspecified atom stereocenters. The molecule has 0 saturated heterocycles. The number of hydrogen-bond acceptors (Lipinski definition) is 1. The van der Waals surface area contributed by atoms with Crippen LogP contribution in [0.1, 0.15) is 58.1 Å². The van der Waals surface area contributed by atoms with Crippen molar-refractivity contribution < 1.29 is 0 Å². The fraction of sp³-hybridized carbons (Fsp3) is 0.600. The molecule has 0 amide bonds. The molecule has 0 bridgehead atoms. The van der Waals surface area contributed by atoms with Crippen molar-refractivity contribution in [3.05, 3.63) is 35.4 Å². The zero-order valence-electron chi connectivity index (χ0n) is 11.2. The Bertz CT molecular complexity index is 316. The van der Waals surface area contributed by atoms with Crippen molar-refractivity contribution in [2.75, 3.05) is 0 Å². The number of hydrogen-bond donors (Lipinski definition) is 1. The van der Waals surface area contributed by atoms with Crippen molar-refractivity contribution in [3.8, 4) is 0 Å². The molecule has 2 atom stereocenters. The predicted molar refractivity (Wildman–Crippen MR) is 71.8 cm³/mol. The highest BCUT2D eigenvalue weighted by Gasteiger charge is 2.14. The van der Waals surface area contributed by atoms with Crippen LogP contribution in [-0.2, 0) is 5.41 Å². The van der Waals surface area contributed by atoms with E-state index in [-0.39, 0.29) is 11.5 Å². The van der Waals surface area contributed by atoms with Gasteiger partial charge in [0, 0.05) is 6.04 Å². The molecule has 0 radical (unpaired) electrons. The smallest absolute Gasteiger partial charge is 0.00162 e. The third-order valence-corrected chi connectivity index (χ3v) is 3.07. The lowest BCUT2D eigenvalue weighted by Crippen LogP contribution is -2.17. The second-order valence-corrected chi connectivity index (χ2v) is 5.99. The summed E-state index contributed by atoms with van der Waals surface area (Å²) in [7, 11) is 0. The minimum Gasteiger partial charge on any atom is -0.328 e. The molecule has 2 N–H and O–H groups in total. The summed E-state index contributed by atoms with van der Waals surface area (Å²) in [6.45, 7) is 11.0. The van der Waals surface area contributed by atoms with Gasteiger partial charge < -0.3 is 5.73 Å². The highest BCUT2D eigenvalue weighted by atomic mass is 14.6. The predicted octanol–water partition coefficient (Wildman–Crippen LogP) is 3.82. The van der Waals surface area contributed by atoms with E-state index in [9.17, 15) is 0 Å². The Morgan fingerprint density at radius 1 is 1.06 bits per heavy atom. The Labute approximate surface area is 100 Å². The molecule has 0 aliphatic carbocycles. The van der Waals surface area contributed by atoms with Crippen LogP contribution in [0.2, 0.25) is 0 Å². The highest BCUT2D eigenvalue weighted by molar-refractivity contribution is 5.29. The Morgan fingerprint density at radius 2 is 1.56 bits per heavy atom. The van der Waals surface area contributed by atoms with Crippen LogP contribution in [0.25, 0.3) is 0 Å². The topological polar surface area (TPSA) is 26.0 Å². The first kappa shape index (κ1) is 13.2. The van der Waals surface area contributed by atoms with Crippen molar-refractivity contribution in [2.45, 2.75) is 58.4 Å². The van der Waals surface area contributed by atoms with Gasteiger partial charge in [0.15, 0.2) is 0 Å². The molecule has 1 nitrogen and oxygen atoms in total. The summed E-state index contributed by atoms with van der Waals surface area (Å²) < 4.78 is 0. The lowest BCUT2D eigenvalue weighted by Gasteiger charge is -2.20. The molecule has 0 aliphatic rings. The molecular weight excluding hydrogens is 194 g/mol. The van der Waals surface area contributed by atoms with Gasteiger partial charge in [-0.15, -0.1) is 0 Å². The van der Waals surface area contributed by atoms with E-state index in [1.54, 1.807) is 0 Å². The van der Waals surface area contributed by atoms with E-state index < -0.39 is 0 Å². The monoisotopic (exact) mass is 219 g/mol. The van der Waals surface area contributed by atoms with Crippen LogP contribution >= 0.6 is 0 Å². The fourth-order valence-corrected chi connectivity index (χ4v) is 2.01. The summed E-state index contributed by atoms with van der Waals surface area (Å²) in [6, 6.07) is 9.25. The van der Waals surface area contributed by atoms with Gasteiger partial charge in [0.05, 0.1) is 0 Å². The SMILES string of the molecule is CC(N)CC(C)c1ccc(C(C)(C)C)cc1. The number of rotatable bonds is 3. The van der Waals surface area contributed by atoms with E-state index >= 15 is 0 Å². The van der Waals surface area contributed by atoms with Crippen molar-refractivity contribution in [1.82, 2.24) is 0 Å². The Kier molecular flexibility index (Phi) is 4.15. The zero-order valence-corrected chi connectivity index (χ0v) is 11.2. The van der Waals surface area contributed by atoms with E-state index in [4.69, 9.17) is 5.73 Å². The summed E-state index contributed by atoms with van der Waals surface area (Å²) in [5.74, 6) is 0.550. The number of nitrogens with two attached hydrogens (primary N) is 1. The Morgan fingerprint density at radius 3 is 1.94 bits per heavy atom. The molecule has 0 fully saturated rings. The average Bonchev–Trinajstić information content (AvgIpc) is 2.15. The summed E-state index contributed by atoms with van der Waals surface area (Å²) in [5, 5.41) is 0. The first-order valence-electron chi connectivity index (χ1n) is 6.16. The van der Waals surface area contributed by atoms with Gasteiger partial charge in [0.25, 0.3) is 0 Å². The van der Waals surface area contributed by atoms with Gasteiger partial charge in [-0.3, -0.25) is 0 Å². The van der Waals surface area contributed by atoms with Crippen LogP contribution in [-0.4, -0.2) is 6.04 Å². The Hall–Kier alpha value is -0.820. The van der Waals surface area contributed by atoms with E-state index in [0.29, 0.717) is 5.92 Å². The molecule has 1 aromatic carbocycles. The molecule has 1 aromatic rings. The van der Waals surface area contributed by atoms with Gasteiger partial charge in [0.1, 0.15) is 0 Å². The van der Waals surface area contributed by atoms with Gasteiger partial charge in [-0.05, 0) is 35.8 Å². The minimum atomic E-state index is 0.239. The number of benzene rings is 1. The zero-order chi connectivity index (χ0) is 12.3. The van der Waals surface area contributed by atoms with E-state index in [0.717, 1.165) is 6.42 Å². The van der Waals surface area contributed by atoms with Gasteiger partial charge in [-0.25, -0.2) is 0 Å². The molecule has 90 valence electrons. The third-order valence-electron chi connectivity index (χ3n) is 3.07. The van der Waals surface area contributed by atoms with Gasteiger partial charge in [-0.1, -0.05) is 52.0 Å². The average molecular weight is 219 g/mol. The van der Waals surface area contributed by atoms with Gasteiger partial charge in [0.2, 0.25) is 0 Å². The van der Waals surface area contributed by atoms with Crippen LogP contribution in [0.5, 0.6) is 0 Å². The quantitative estimate of drug-likeness (QED) is 0.821. The van der Waals surface area contributed by atoms with Gasteiger partial charge in [-0.2, -0.15) is 0 Å². The summed E-state index contributed by atoms with van der Waals surface area (Å²) in [4.78, 5) is 0. The normalized spacial score (nSPS) is 15.9. The summed E-state index contributed by atoms with van der Waals surface area (Å²) >= 11 is 0. The largest absolute Gasteiger partial charge is 0.328 e. The van der Waals surface area contributed by atoms with Crippen molar-refractivity contribution in [1.29, 1.82) is 0 Å². The second kappa shape index (κ2) is 5.01.